The van der Waals surface area contributed by atoms with Gasteiger partial charge in [-0.3, -0.25) is 0 Å². The zero-order valence-corrected chi connectivity index (χ0v) is 12.7. The SMILES string of the molecule is COC1(C(O)Cc2cc(F)ccc2C)CCCC(C)C1. The monoisotopic (exact) mass is 280 g/mol. The van der Waals surface area contributed by atoms with E-state index in [2.05, 4.69) is 6.92 Å². The summed E-state index contributed by atoms with van der Waals surface area (Å²) >= 11 is 0. The highest BCUT2D eigenvalue weighted by molar-refractivity contribution is 5.27. The van der Waals surface area contributed by atoms with Gasteiger partial charge >= 0.3 is 0 Å². The fourth-order valence-corrected chi connectivity index (χ4v) is 3.42. The Morgan fingerprint density at radius 2 is 2.25 bits per heavy atom. The fraction of sp³-hybridized carbons (Fsp3) is 0.647. The Bertz CT molecular complexity index is 460. The highest BCUT2D eigenvalue weighted by atomic mass is 19.1. The molecule has 0 spiro atoms. The molecule has 1 fully saturated rings. The second-order valence-electron chi connectivity index (χ2n) is 6.26. The Kier molecular flexibility index (Phi) is 4.82. The highest BCUT2D eigenvalue weighted by Crippen LogP contribution is 2.38. The molecule has 0 radical (unpaired) electrons. The second-order valence-corrected chi connectivity index (χ2v) is 6.26. The largest absolute Gasteiger partial charge is 0.390 e. The first-order valence-electron chi connectivity index (χ1n) is 7.45. The smallest absolute Gasteiger partial charge is 0.123 e. The topological polar surface area (TPSA) is 29.5 Å². The Hall–Kier alpha value is -0.930. The Labute approximate surface area is 121 Å². The summed E-state index contributed by atoms with van der Waals surface area (Å²) in [5.41, 5.74) is 1.41. The molecule has 1 aromatic rings. The molecule has 0 aliphatic heterocycles. The van der Waals surface area contributed by atoms with E-state index in [1.807, 2.05) is 6.92 Å². The van der Waals surface area contributed by atoms with E-state index in [-0.39, 0.29) is 5.82 Å². The van der Waals surface area contributed by atoms with E-state index in [1.165, 1.54) is 18.6 Å². The predicted octanol–water partition coefficient (Wildman–Crippen LogP) is 3.63. The number of halogens is 1. The van der Waals surface area contributed by atoms with Gasteiger partial charge in [-0.15, -0.1) is 0 Å². The van der Waals surface area contributed by atoms with Crippen LogP contribution in [0.3, 0.4) is 0 Å². The number of ether oxygens (including phenoxy) is 1. The van der Waals surface area contributed by atoms with Crippen LogP contribution in [0.4, 0.5) is 4.39 Å². The molecule has 0 bridgehead atoms. The average Bonchev–Trinajstić information content (AvgIpc) is 2.42. The minimum atomic E-state index is -0.587. The van der Waals surface area contributed by atoms with Crippen molar-refractivity contribution in [3.8, 4) is 0 Å². The van der Waals surface area contributed by atoms with Crippen molar-refractivity contribution in [3.63, 3.8) is 0 Å². The van der Waals surface area contributed by atoms with E-state index in [9.17, 15) is 9.50 Å². The maximum Gasteiger partial charge on any atom is 0.123 e. The van der Waals surface area contributed by atoms with E-state index < -0.39 is 11.7 Å². The van der Waals surface area contributed by atoms with Crippen LogP contribution in [0, 0.1) is 18.7 Å². The molecule has 3 atom stereocenters. The maximum absolute atomic E-state index is 13.4. The van der Waals surface area contributed by atoms with Gasteiger partial charge in [0.25, 0.3) is 0 Å². The van der Waals surface area contributed by atoms with Crippen LogP contribution < -0.4 is 0 Å². The highest BCUT2D eigenvalue weighted by Gasteiger charge is 2.41. The molecule has 20 heavy (non-hydrogen) atoms. The lowest BCUT2D eigenvalue weighted by molar-refractivity contribution is -0.131. The average molecular weight is 280 g/mol. The van der Waals surface area contributed by atoms with Crippen molar-refractivity contribution in [2.24, 2.45) is 5.92 Å². The van der Waals surface area contributed by atoms with Crippen molar-refractivity contribution >= 4 is 0 Å². The van der Waals surface area contributed by atoms with Crippen molar-refractivity contribution in [1.82, 2.24) is 0 Å². The summed E-state index contributed by atoms with van der Waals surface area (Å²) in [5.74, 6) is 0.313. The molecule has 1 aliphatic rings. The normalized spacial score (nSPS) is 28.4. The number of benzene rings is 1. The van der Waals surface area contributed by atoms with Gasteiger partial charge in [0.1, 0.15) is 5.82 Å². The fourth-order valence-electron chi connectivity index (χ4n) is 3.42. The first kappa shape index (κ1) is 15.5. The van der Waals surface area contributed by atoms with Gasteiger partial charge in [-0.05, 0) is 48.9 Å². The molecule has 3 heteroatoms. The minimum Gasteiger partial charge on any atom is -0.390 e. The molecule has 0 aromatic heterocycles. The zero-order chi connectivity index (χ0) is 14.8. The standard InChI is InChI=1S/C17H25FO2/c1-12-5-4-8-17(11-12,20-3)16(19)10-14-9-15(18)7-6-13(14)2/h6-7,9,12,16,19H,4-5,8,10-11H2,1-3H3. The molecule has 3 unspecified atom stereocenters. The Balaban J connectivity index is 2.16. The number of hydrogen-bond donors (Lipinski definition) is 1. The minimum absolute atomic E-state index is 0.249. The third-order valence-electron chi connectivity index (χ3n) is 4.73. The number of methoxy groups -OCH3 is 1. The predicted molar refractivity (Wildman–Crippen MR) is 78.2 cm³/mol. The molecule has 112 valence electrons. The van der Waals surface area contributed by atoms with Crippen LogP contribution in [-0.4, -0.2) is 23.9 Å². The second kappa shape index (κ2) is 6.23. The lowest BCUT2D eigenvalue weighted by Gasteiger charge is -2.42. The summed E-state index contributed by atoms with van der Waals surface area (Å²) in [5, 5.41) is 10.7. The lowest BCUT2D eigenvalue weighted by atomic mass is 9.74. The summed E-state index contributed by atoms with van der Waals surface area (Å²) in [6.45, 7) is 4.15. The number of rotatable bonds is 4. The Morgan fingerprint density at radius 3 is 2.90 bits per heavy atom. The van der Waals surface area contributed by atoms with Crippen LogP contribution in [0.2, 0.25) is 0 Å². The van der Waals surface area contributed by atoms with E-state index in [0.717, 1.165) is 30.4 Å². The maximum atomic E-state index is 13.4. The van der Waals surface area contributed by atoms with E-state index in [0.29, 0.717) is 12.3 Å². The summed E-state index contributed by atoms with van der Waals surface area (Å²) in [6.07, 6.45) is 3.88. The van der Waals surface area contributed by atoms with Crippen molar-refractivity contribution < 1.29 is 14.2 Å². The van der Waals surface area contributed by atoms with Gasteiger partial charge in [0.15, 0.2) is 0 Å². The van der Waals surface area contributed by atoms with E-state index in [4.69, 9.17) is 4.74 Å². The van der Waals surface area contributed by atoms with E-state index >= 15 is 0 Å². The van der Waals surface area contributed by atoms with Crippen LogP contribution >= 0.6 is 0 Å². The van der Waals surface area contributed by atoms with Gasteiger partial charge in [-0.2, -0.15) is 0 Å². The molecule has 1 aliphatic carbocycles. The van der Waals surface area contributed by atoms with Gasteiger partial charge in [0.05, 0.1) is 11.7 Å². The van der Waals surface area contributed by atoms with E-state index in [1.54, 1.807) is 13.2 Å². The molecule has 0 amide bonds. The quantitative estimate of drug-likeness (QED) is 0.912. The third kappa shape index (κ3) is 3.21. The van der Waals surface area contributed by atoms with Gasteiger partial charge in [-0.25, -0.2) is 4.39 Å². The first-order valence-corrected chi connectivity index (χ1v) is 7.45. The van der Waals surface area contributed by atoms with Gasteiger partial charge in [0, 0.05) is 13.5 Å². The van der Waals surface area contributed by atoms with Crippen LogP contribution in [0.1, 0.15) is 43.7 Å². The number of hydrogen-bond acceptors (Lipinski definition) is 2. The molecular weight excluding hydrogens is 255 g/mol. The molecule has 0 heterocycles. The van der Waals surface area contributed by atoms with Gasteiger partial charge < -0.3 is 9.84 Å². The molecule has 2 nitrogen and oxygen atoms in total. The van der Waals surface area contributed by atoms with Gasteiger partial charge in [0.2, 0.25) is 0 Å². The van der Waals surface area contributed by atoms with Crippen molar-refractivity contribution in [3.05, 3.63) is 35.1 Å². The first-order chi connectivity index (χ1) is 9.47. The third-order valence-corrected chi connectivity index (χ3v) is 4.73. The van der Waals surface area contributed by atoms with Crippen LogP contribution in [0.25, 0.3) is 0 Å². The molecular formula is C17H25FO2. The van der Waals surface area contributed by atoms with Crippen molar-refractivity contribution in [2.75, 3.05) is 7.11 Å². The molecule has 1 saturated carbocycles. The number of aryl methyl sites for hydroxylation is 1. The summed E-state index contributed by atoms with van der Waals surface area (Å²) in [7, 11) is 1.68. The lowest BCUT2D eigenvalue weighted by Crippen LogP contribution is -2.48. The summed E-state index contributed by atoms with van der Waals surface area (Å²) < 4.78 is 19.1. The number of aliphatic hydroxyl groups excluding tert-OH is 1. The molecule has 1 N–H and O–H groups in total. The van der Waals surface area contributed by atoms with Crippen molar-refractivity contribution in [2.45, 2.75) is 57.7 Å². The molecule has 0 saturated heterocycles. The summed E-state index contributed by atoms with van der Waals surface area (Å²) in [4.78, 5) is 0. The van der Waals surface area contributed by atoms with Gasteiger partial charge in [-0.1, -0.05) is 25.8 Å². The number of aliphatic hydroxyl groups is 1. The Morgan fingerprint density at radius 1 is 1.50 bits per heavy atom. The van der Waals surface area contributed by atoms with Crippen LogP contribution in [-0.2, 0) is 11.2 Å². The van der Waals surface area contributed by atoms with Crippen molar-refractivity contribution in [1.29, 1.82) is 0 Å². The summed E-state index contributed by atoms with van der Waals surface area (Å²) in [6, 6.07) is 4.74. The molecule has 1 aromatic carbocycles. The zero-order valence-electron chi connectivity index (χ0n) is 12.7. The molecule has 2 rings (SSSR count). The van der Waals surface area contributed by atoms with Crippen LogP contribution in [0.5, 0.6) is 0 Å². The van der Waals surface area contributed by atoms with Crippen LogP contribution in [0.15, 0.2) is 18.2 Å².